The molecule has 0 heterocycles. The van der Waals surface area contributed by atoms with E-state index >= 15 is 0 Å². The molecular formula is C9H14N2O2. The van der Waals surface area contributed by atoms with Crippen LogP contribution < -0.4 is 5.32 Å². The van der Waals surface area contributed by atoms with Gasteiger partial charge in [0.05, 0.1) is 12.2 Å². The number of hydrogen-bond acceptors (Lipinski definition) is 3. The summed E-state index contributed by atoms with van der Waals surface area (Å²) in [6, 6.07) is 2.04. The van der Waals surface area contributed by atoms with E-state index in [-0.39, 0.29) is 12.5 Å². The van der Waals surface area contributed by atoms with E-state index in [0.717, 1.165) is 6.42 Å². The van der Waals surface area contributed by atoms with E-state index < -0.39 is 11.5 Å². The third-order valence-corrected chi connectivity index (χ3v) is 2.41. The lowest BCUT2D eigenvalue weighted by molar-refractivity contribution is -0.132. The second-order valence-electron chi connectivity index (χ2n) is 3.61. The number of hydrogen-bond donors (Lipinski definition) is 2. The summed E-state index contributed by atoms with van der Waals surface area (Å²) in [5.41, 5.74) is -0.797. The molecule has 13 heavy (non-hydrogen) atoms. The fourth-order valence-corrected chi connectivity index (χ4v) is 1.33. The van der Waals surface area contributed by atoms with Gasteiger partial charge in [-0.15, -0.1) is 0 Å². The molecule has 1 aliphatic rings. The molecule has 0 bridgehead atoms. The molecule has 1 rings (SSSR count). The SMILES string of the molecule is C[C@H](O)CNC(=O)C1(C#N)CCC1. The van der Waals surface area contributed by atoms with Crippen molar-refractivity contribution >= 4 is 5.91 Å². The van der Waals surface area contributed by atoms with Gasteiger partial charge in [-0.05, 0) is 26.2 Å². The maximum absolute atomic E-state index is 11.4. The number of carbonyl (C=O) groups excluding carboxylic acids is 1. The highest BCUT2D eigenvalue weighted by molar-refractivity contribution is 5.86. The van der Waals surface area contributed by atoms with Gasteiger partial charge < -0.3 is 10.4 Å². The van der Waals surface area contributed by atoms with Crippen LogP contribution in [0.3, 0.4) is 0 Å². The molecule has 1 aliphatic carbocycles. The zero-order chi connectivity index (χ0) is 9.90. The standard InChI is InChI=1S/C9H14N2O2/c1-7(12)5-11-8(13)9(6-10)3-2-4-9/h7,12H,2-5H2,1H3,(H,11,13)/t7-/m0/s1. The van der Waals surface area contributed by atoms with Crippen molar-refractivity contribution < 1.29 is 9.90 Å². The molecule has 72 valence electrons. The zero-order valence-electron chi connectivity index (χ0n) is 7.71. The summed E-state index contributed by atoms with van der Waals surface area (Å²) in [5, 5.41) is 20.3. The van der Waals surface area contributed by atoms with Crippen molar-refractivity contribution in [3.8, 4) is 6.07 Å². The number of nitrogens with zero attached hydrogens (tertiary/aromatic N) is 1. The molecule has 1 atom stereocenters. The summed E-state index contributed by atoms with van der Waals surface area (Å²) < 4.78 is 0. The number of carbonyl (C=O) groups is 1. The van der Waals surface area contributed by atoms with E-state index in [1.807, 2.05) is 6.07 Å². The fraction of sp³-hybridized carbons (Fsp3) is 0.778. The number of amides is 1. The van der Waals surface area contributed by atoms with E-state index in [0.29, 0.717) is 12.8 Å². The maximum atomic E-state index is 11.4. The molecule has 0 saturated heterocycles. The largest absolute Gasteiger partial charge is 0.392 e. The molecule has 1 saturated carbocycles. The van der Waals surface area contributed by atoms with Crippen LogP contribution in [0.2, 0.25) is 0 Å². The van der Waals surface area contributed by atoms with Gasteiger partial charge in [-0.2, -0.15) is 5.26 Å². The first-order valence-electron chi connectivity index (χ1n) is 4.48. The van der Waals surface area contributed by atoms with E-state index in [1.54, 1.807) is 6.92 Å². The van der Waals surface area contributed by atoms with E-state index in [9.17, 15) is 4.79 Å². The van der Waals surface area contributed by atoms with Crippen LogP contribution in [0, 0.1) is 16.7 Å². The Labute approximate surface area is 77.6 Å². The Kier molecular flexibility index (Phi) is 2.89. The Hall–Kier alpha value is -1.08. The highest BCUT2D eigenvalue weighted by Gasteiger charge is 2.44. The minimum absolute atomic E-state index is 0.224. The van der Waals surface area contributed by atoms with Crippen LogP contribution in [-0.4, -0.2) is 23.7 Å². The Bertz CT molecular complexity index is 238. The average Bonchev–Trinajstić information content (AvgIpc) is 2.00. The Morgan fingerprint density at radius 1 is 1.77 bits per heavy atom. The van der Waals surface area contributed by atoms with Gasteiger partial charge in [-0.3, -0.25) is 4.79 Å². The molecule has 1 amide bonds. The van der Waals surface area contributed by atoms with Crippen LogP contribution in [-0.2, 0) is 4.79 Å². The molecular weight excluding hydrogens is 168 g/mol. The van der Waals surface area contributed by atoms with Crippen LogP contribution in [0.5, 0.6) is 0 Å². The van der Waals surface area contributed by atoms with Gasteiger partial charge in [0.2, 0.25) is 5.91 Å². The molecule has 0 radical (unpaired) electrons. The van der Waals surface area contributed by atoms with Gasteiger partial charge in [0.15, 0.2) is 0 Å². The van der Waals surface area contributed by atoms with Crippen molar-refractivity contribution in [1.29, 1.82) is 5.26 Å². The van der Waals surface area contributed by atoms with Gasteiger partial charge in [-0.25, -0.2) is 0 Å². The van der Waals surface area contributed by atoms with E-state index in [4.69, 9.17) is 10.4 Å². The molecule has 0 unspecified atom stereocenters. The van der Waals surface area contributed by atoms with Gasteiger partial charge in [0, 0.05) is 6.54 Å². The van der Waals surface area contributed by atoms with Gasteiger partial charge in [0.1, 0.15) is 5.41 Å². The monoisotopic (exact) mass is 182 g/mol. The first-order chi connectivity index (χ1) is 6.10. The first-order valence-corrected chi connectivity index (χ1v) is 4.48. The Morgan fingerprint density at radius 3 is 2.69 bits per heavy atom. The molecule has 0 aromatic heterocycles. The smallest absolute Gasteiger partial charge is 0.240 e. The normalized spacial score (nSPS) is 21.0. The summed E-state index contributed by atoms with van der Waals surface area (Å²) in [5.74, 6) is -0.234. The summed E-state index contributed by atoms with van der Waals surface area (Å²) in [6.07, 6.45) is 1.68. The summed E-state index contributed by atoms with van der Waals surface area (Å²) in [6.45, 7) is 1.82. The molecule has 0 spiro atoms. The zero-order valence-corrected chi connectivity index (χ0v) is 7.71. The lowest BCUT2D eigenvalue weighted by Gasteiger charge is -2.33. The molecule has 0 aliphatic heterocycles. The average molecular weight is 182 g/mol. The first kappa shape index (κ1) is 10.0. The number of nitrogens with one attached hydrogen (secondary N) is 1. The Balaban J connectivity index is 2.43. The Morgan fingerprint density at radius 2 is 2.38 bits per heavy atom. The van der Waals surface area contributed by atoms with Gasteiger partial charge in [0.25, 0.3) is 0 Å². The lowest BCUT2D eigenvalue weighted by atomic mass is 9.69. The summed E-state index contributed by atoms with van der Waals surface area (Å²) in [4.78, 5) is 11.4. The quantitative estimate of drug-likeness (QED) is 0.653. The van der Waals surface area contributed by atoms with Gasteiger partial charge >= 0.3 is 0 Å². The molecule has 0 aromatic rings. The van der Waals surface area contributed by atoms with Crippen LogP contribution >= 0.6 is 0 Å². The molecule has 2 N–H and O–H groups in total. The van der Waals surface area contributed by atoms with Crippen LogP contribution in [0.25, 0.3) is 0 Å². The maximum Gasteiger partial charge on any atom is 0.240 e. The lowest BCUT2D eigenvalue weighted by Crippen LogP contribution is -2.46. The highest BCUT2D eigenvalue weighted by Crippen LogP contribution is 2.40. The van der Waals surface area contributed by atoms with Crippen molar-refractivity contribution in [3.63, 3.8) is 0 Å². The number of aliphatic hydroxyl groups is 1. The van der Waals surface area contributed by atoms with Crippen molar-refractivity contribution in [3.05, 3.63) is 0 Å². The van der Waals surface area contributed by atoms with Crippen LogP contribution in [0.1, 0.15) is 26.2 Å². The van der Waals surface area contributed by atoms with Crippen LogP contribution in [0.15, 0.2) is 0 Å². The van der Waals surface area contributed by atoms with Crippen molar-refractivity contribution in [1.82, 2.24) is 5.32 Å². The van der Waals surface area contributed by atoms with Crippen molar-refractivity contribution in [2.24, 2.45) is 5.41 Å². The summed E-state index contributed by atoms with van der Waals surface area (Å²) in [7, 11) is 0. The molecule has 4 heteroatoms. The molecule has 4 nitrogen and oxygen atoms in total. The van der Waals surface area contributed by atoms with Crippen molar-refractivity contribution in [2.75, 3.05) is 6.54 Å². The predicted octanol–water partition coefficient (Wildman–Crippen LogP) is 0.177. The van der Waals surface area contributed by atoms with E-state index in [2.05, 4.69) is 5.32 Å². The van der Waals surface area contributed by atoms with Gasteiger partial charge in [-0.1, -0.05) is 0 Å². The van der Waals surface area contributed by atoms with Crippen LogP contribution in [0.4, 0.5) is 0 Å². The minimum atomic E-state index is -0.797. The minimum Gasteiger partial charge on any atom is -0.392 e. The third-order valence-electron chi connectivity index (χ3n) is 2.41. The highest BCUT2D eigenvalue weighted by atomic mass is 16.3. The molecule has 0 aromatic carbocycles. The number of nitriles is 1. The van der Waals surface area contributed by atoms with Crippen molar-refractivity contribution in [2.45, 2.75) is 32.3 Å². The third kappa shape index (κ3) is 1.99. The number of aliphatic hydroxyl groups excluding tert-OH is 1. The second kappa shape index (κ2) is 3.75. The topological polar surface area (TPSA) is 73.1 Å². The molecule has 1 fully saturated rings. The fourth-order valence-electron chi connectivity index (χ4n) is 1.33. The van der Waals surface area contributed by atoms with E-state index in [1.165, 1.54) is 0 Å². The summed E-state index contributed by atoms with van der Waals surface area (Å²) >= 11 is 0. The second-order valence-corrected chi connectivity index (χ2v) is 3.61. The number of rotatable bonds is 3. The predicted molar refractivity (Wildman–Crippen MR) is 46.6 cm³/mol.